The number of carboxylic acids is 1. The van der Waals surface area contributed by atoms with Crippen LogP contribution in [0.15, 0.2) is 52.5 Å². The molecule has 0 aliphatic carbocycles. The highest BCUT2D eigenvalue weighted by molar-refractivity contribution is 7.89. The molecule has 0 saturated carbocycles. The Bertz CT molecular complexity index is 1370. The summed E-state index contributed by atoms with van der Waals surface area (Å²) in [6, 6.07) is 11.0. The SMILES string of the molecule is CC(C)c1cc(C(C)C)c(S(=O)(=O)N(N=C(N)N)[C@@H](Cc2ccccc2)C(=O)O)c(C(C)C)c1.CCOC(=O)N1CCNCC1. The van der Waals surface area contributed by atoms with Crippen LogP contribution in [0.25, 0.3) is 0 Å². The van der Waals surface area contributed by atoms with Crippen molar-refractivity contribution in [1.82, 2.24) is 14.6 Å². The highest BCUT2D eigenvalue weighted by Crippen LogP contribution is 2.37. The van der Waals surface area contributed by atoms with Gasteiger partial charge in [-0.05, 0) is 46.9 Å². The van der Waals surface area contributed by atoms with Gasteiger partial charge in [0.05, 0.1) is 11.5 Å². The molecule has 1 heterocycles. The number of hydrazone groups is 1. The summed E-state index contributed by atoms with van der Waals surface area (Å²) in [7, 11) is -4.45. The molecule has 6 N–H and O–H groups in total. The summed E-state index contributed by atoms with van der Waals surface area (Å²) in [4.78, 5) is 25.2. The number of nitrogens with one attached hydrogen (secondary N) is 1. The number of nitrogens with two attached hydrogens (primary N) is 2. The maximum atomic E-state index is 14.2. The van der Waals surface area contributed by atoms with Crippen LogP contribution in [0.1, 0.15) is 88.5 Å². The molecule has 0 spiro atoms. The minimum atomic E-state index is -4.45. The number of piperazine rings is 1. The molecule has 250 valence electrons. The van der Waals surface area contributed by atoms with Gasteiger partial charge >= 0.3 is 12.1 Å². The van der Waals surface area contributed by atoms with Crippen LogP contribution in [0.2, 0.25) is 0 Å². The van der Waals surface area contributed by atoms with Crippen LogP contribution in [0.5, 0.6) is 0 Å². The van der Waals surface area contributed by atoms with Crippen LogP contribution >= 0.6 is 0 Å². The van der Waals surface area contributed by atoms with Crippen LogP contribution in [0.3, 0.4) is 0 Å². The Hall–Kier alpha value is -3.84. The molecule has 0 aromatic heterocycles. The highest BCUT2D eigenvalue weighted by atomic mass is 32.2. The summed E-state index contributed by atoms with van der Waals surface area (Å²) in [5.41, 5.74) is 14.0. The molecular weight excluding hydrogens is 596 g/mol. The fraction of sp³-hybridized carbons (Fsp3) is 0.531. The van der Waals surface area contributed by atoms with Crippen LogP contribution in [0.4, 0.5) is 4.79 Å². The number of rotatable bonds is 11. The number of sulfonamides is 1. The van der Waals surface area contributed by atoms with E-state index in [1.807, 2.05) is 60.6 Å². The summed E-state index contributed by atoms with van der Waals surface area (Å²) >= 11 is 0. The minimum absolute atomic E-state index is 0.0613. The van der Waals surface area contributed by atoms with Crippen molar-refractivity contribution in [2.24, 2.45) is 16.6 Å². The third kappa shape index (κ3) is 10.4. The first kappa shape index (κ1) is 37.3. The van der Waals surface area contributed by atoms with E-state index in [-0.39, 0.29) is 35.2 Å². The lowest BCUT2D eigenvalue weighted by molar-refractivity contribution is -0.141. The van der Waals surface area contributed by atoms with E-state index in [0.29, 0.717) is 27.7 Å². The van der Waals surface area contributed by atoms with Crippen molar-refractivity contribution in [3.05, 3.63) is 64.7 Å². The van der Waals surface area contributed by atoms with Gasteiger partial charge in [0.25, 0.3) is 10.0 Å². The molecule has 45 heavy (non-hydrogen) atoms. The van der Waals surface area contributed by atoms with E-state index in [1.54, 1.807) is 35.2 Å². The fourth-order valence-corrected chi connectivity index (χ4v) is 6.92. The number of carbonyl (C=O) groups excluding carboxylic acids is 1. The number of nitrogens with zero attached hydrogens (tertiary/aromatic N) is 3. The number of hydrogen-bond acceptors (Lipinski definition) is 7. The summed E-state index contributed by atoms with van der Waals surface area (Å²) in [5, 5.41) is 17.0. The van der Waals surface area contributed by atoms with Crippen molar-refractivity contribution in [3.8, 4) is 0 Å². The van der Waals surface area contributed by atoms with Gasteiger partial charge in [-0.15, -0.1) is 5.10 Å². The van der Waals surface area contributed by atoms with Crippen molar-refractivity contribution >= 4 is 28.0 Å². The van der Waals surface area contributed by atoms with Crippen LogP contribution < -0.4 is 16.8 Å². The monoisotopic (exact) mass is 646 g/mol. The normalized spacial score (nSPS) is 14.0. The predicted octanol–water partition coefficient (Wildman–Crippen LogP) is 3.98. The second kappa shape index (κ2) is 17.0. The molecular formula is C32H50N6O6S. The molecule has 13 heteroatoms. The number of aliphatic carboxylic acids is 1. The third-order valence-electron chi connectivity index (χ3n) is 7.26. The van der Waals surface area contributed by atoms with Crippen LogP contribution in [-0.2, 0) is 26.0 Å². The van der Waals surface area contributed by atoms with Gasteiger partial charge in [-0.3, -0.25) is 0 Å². The lowest BCUT2D eigenvalue weighted by Gasteiger charge is -2.30. The average Bonchev–Trinajstić information content (AvgIpc) is 2.99. The van der Waals surface area contributed by atoms with E-state index >= 15 is 0 Å². The first-order valence-electron chi connectivity index (χ1n) is 15.3. The molecule has 12 nitrogen and oxygen atoms in total. The second-order valence-corrected chi connectivity index (χ2v) is 13.5. The quantitative estimate of drug-likeness (QED) is 0.160. The van der Waals surface area contributed by atoms with Gasteiger partial charge in [0.1, 0.15) is 0 Å². The molecule has 0 bridgehead atoms. The molecule has 1 atom stereocenters. The molecule has 0 unspecified atom stereocenters. The Morgan fingerprint density at radius 2 is 1.51 bits per heavy atom. The van der Waals surface area contributed by atoms with E-state index in [4.69, 9.17) is 16.2 Å². The Morgan fingerprint density at radius 3 is 1.93 bits per heavy atom. The van der Waals surface area contributed by atoms with E-state index in [2.05, 4.69) is 10.4 Å². The van der Waals surface area contributed by atoms with E-state index in [0.717, 1.165) is 31.7 Å². The summed E-state index contributed by atoms with van der Waals surface area (Å²) in [6.07, 6.45) is -0.293. The maximum absolute atomic E-state index is 14.2. The fourth-order valence-electron chi connectivity index (χ4n) is 4.85. The molecule has 2 aromatic rings. The smallest absolute Gasteiger partial charge is 0.409 e. The standard InChI is InChI=1S/C25H36N4O4S.C7H14N2O2/c1-15(2)19-13-20(16(3)4)23(21(14-19)17(5)6)34(32,33)29(28-25(26)27)22(24(30)31)12-18-10-8-7-9-11-18;1-2-11-7(10)9-5-3-8-4-6-9/h7-11,13-17,22H,12H2,1-6H3,(H,30,31)(H4,26,27,28);8H,2-6H2,1H3/t22-;/m0./s1. The average molecular weight is 647 g/mol. The maximum Gasteiger partial charge on any atom is 0.409 e. The zero-order chi connectivity index (χ0) is 33.9. The molecule has 1 aliphatic heterocycles. The predicted molar refractivity (Wildman–Crippen MR) is 177 cm³/mol. The van der Waals surface area contributed by atoms with Gasteiger partial charge < -0.3 is 31.5 Å². The number of benzene rings is 2. The molecule has 1 fully saturated rings. The van der Waals surface area contributed by atoms with Gasteiger partial charge in [0.15, 0.2) is 6.04 Å². The van der Waals surface area contributed by atoms with Crippen molar-refractivity contribution < 1.29 is 27.9 Å². The number of hydrogen-bond donors (Lipinski definition) is 4. The van der Waals surface area contributed by atoms with E-state index in [1.165, 1.54) is 0 Å². The number of ether oxygens (including phenoxy) is 1. The van der Waals surface area contributed by atoms with Crippen LogP contribution in [-0.4, -0.2) is 79.7 Å². The first-order chi connectivity index (χ1) is 21.1. The Morgan fingerprint density at radius 1 is 0.978 bits per heavy atom. The molecule has 1 amide bonds. The highest BCUT2D eigenvalue weighted by Gasteiger charge is 2.39. The van der Waals surface area contributed by atoms with Gasteiger partial charge in [-0.25, -0.2) is 9.59 Å². The van der Waals surface area contributed by atoms with Gasteiger partial charge in [0.2, 0.25) is 5.96 Å². The summed E-state index contributed by atoms with van der Waals surface area (Å²) in [5.74, 6) is -1.99. The van der Waals surface area contributed by atoms with Gasteiger partial charge in [-0.1, -0.05) is 84.0 Å². The first-order valence-corrected chi connectivity index (χ1v) is 16.8. The van der Waals surface area contributed by atoms with Crippen LogP contribution in [0, 0.1) is 0 Å². The molecule has 3 rings (SSSR count). The number of guanidine groups is 1. The van der Waals surface area contributed by atoms with Crippen molar-refractivity contribution in [3.63, 3.8) is 0 Å². The summed E-state index contributed by atoms with van der Waals surface area (Å²) in [6.45, 7) is 17.3. The third-order valence-corrected chi connectivity index (χ3v) is 9.08. The van der Waals surface area contributed by atoms with E-state index in [9.17, 15) is 23.1 Å². The van der Waals surface area contributed by atoms with Crippen molar-refractivity contribution in [2.45, 2.75) is 83.6 Å². The molecule has 1 saturated heterocycles. The number of amides is 1. The van der Waals surface area contributed by atoms with Crippen molar-refractivity contribution in [2.75, 3.05) is 32.8 Å². The van der Waals surface area contributed by atoms with E-state index < -0.39 is 28.0 Å². The Kier molecular flexibility index (Phi) is 14.1. The minimum Gasteiger partial charge on any atom is -0.480 e. The second-order valence-electron chi connectivity index (χ2n) is 11.8. The lowest BCUT2D eigenvalue weighted by atomic mass is 9.89. The number of carbonyl (C=O) groups is 2. The molecule has 0 radical (unpaired) electrons. The molecule has 2 aromatic carbocycles. The van der Waals surface area contributed by atoms with Crippen molar-refractivity contribution in [1.29, 1.82) is 0 Å². The topological polar surface area (TPSA) is 181 Å². The zero-order valence-electron chi connectivity index (χ0n) is 27.5. The Balaban J connectivity index is 0.000000537. The molecule has 1 aliphatic rings. The van der Waals surface area contributed by atoms with Gasteiger partial charge in [0, 0.05) is 32.6 Å². The zero-order valence-corrected chi connectivity index (χ0v) is 28.3. The summed E-state index contributed by atoms with van der Waals surface area (Å²) < 4.78 is 33.8. The number of carboxylic acid groups (broad SMARTS) is 1. The largest absolute Gasteiger partial charge is 0.480 e. The Labute approximate surface area is 267 Å². The lowest BCUT2D eigenvalue weighted by Crippen LogP contribution is -2.46. The van der Waals surface area contributed by atoms with Gasteiger partial charge in [-0.2, -0.15) is 12.8 Å².